The number of hydrogen-bond acceptors (Lipinski definition) is 4. The summed E-state index contributed by atoms with van der Waals surface area (Å²) in [6.07, 6.45) is 6.39. The third kappa shape index (κ3) is 3.27. The summed E-state index contributed by atoms with van der Waals surface area (Å²) in [5, 5.41) is 0.390. The maximum Gasteiger partial charge on any atom is 0.255 e. The summed E-state index contributed by atoms with van der Waals surface area (Å²) in [4.78, 5) is 32.1. The van der Waals surface area contributed by atoms with Gasteiger partial charge in [0.25, 0.3) is 5.91 Å². The molecule has 0 unspecified atom stereocenters. The molecule has 2 saturated heterocycles. The summed E-state index contributed by atoms with van der Waals surface area (Å²) >= 11 is 6.34. The number of hydrogen-bond donors (Lipinski definition) is 1. The first-order valence-corrected chi connectivity index (χ1v) is 8.46. The lowest BCUT2D eigenvalue weighted by atomic mass is 10.1. The largest absolute Gasteiger partial charge is 0.368 e. The molecule has 2 aliphatic rings. The number of amides is 2. The average molecular weight is 337 g/mol. The molecule has 7 heteroatoms. The fourth-order valence-electron chi connectivity index (χ4n) is 3.35. The smallest absolute Gasteiger partial charge is 0.255 e. The summed E-state index contributed by atoms with van der Waals surface area (Å²) in [5.74, 6) is 0.135. The lowest BCUT2D eigenvalue weighted by molar-refractivity contribution is -0.119. The van der Waals surface area contributed by atoms with Gasteiger partial charge in [-0.05, 0) is 38.2 Å². The van der Waals surface area contributed by atoms with E-state index in [2.05, 4.69) is 4.98 Å². The molecule has 2 aliphatic heterocycles. The summed E-state index contributed by atoms with van der Waals surface area (Å²) in [6.45, 7) is 2.27. The van der Waals surface area contributed by atoms with Crippen LogP contribution in [0.15, 0.2) is 12.3 Å². The van der Waals surface area contributed by atoms with Crippen LogP contribution in [0.5, 0.6) is 0 Å². The number of rotatable bonds is 3. The minimum atomic E-state index is -0.372. The molecular formula is C16H21ClN4O2. The van der Waals surface area contributed by atoms with Crippen molar-refractivity contribution in [3.8, 4) is 0 Å². The van der Waals surface area contributed by atoms with Gasteiger partial charge in [-0.25, -0.2) is 4.98 Å². The Kier molecular flexibility index (Phi) is 4.71. The number of halogens is 1. The monoisotopic (exact) mass is 336 g/mol. The molecule has 0 aromatic carbocycles. The molecule has 0 bridgehead atoms. The number of carbonyl (C=O) groups is 2. The van der Waals surface area contributed by atoms with E-state index in [1.807, 2.05) is 9.80 Å². The fraction of sp³-hybridized carbons (Fsp3) is 0.562. The highest BCUT2D eigenvalue weighted by atomic mass is 35.5. The van der Waals surface area contributed by atoms with Crippen LogP contribution in [0.4, 0.5) is 5.82 Å². The molecule has 23 heavy (non-hydrogen) atoms. The zero-order chi connectivity index (χ0) is 16.4. The van der Waals surface area contributed by atoms with Gasteiger partial charge in [0, 0.05) is 25.8 Å². The van der Waals surface area contributed by atoms with Gasteiger partial charge < -0.3 is 15.5 Å². The Balaban J connectivity index is 1.80. The molecule has 2 N–H and O–H groups in total. The first-order chi connectivity index (χ1) is 11.1. The van der Waals surface area contributed by atoms with E-state index in [1.165, 1.54) is 6.42 Å². The van der Waals surface area contributed by atoms with Gasteiger partial charge in [0.15, 0.2) is 0 Å². The van der Waals surface area contributed by atoms with Crippen molar-refractivity contribution in [1.82, 2.24) is 9.88 Å². The van der Waals surface area contributed by atoms with Gasteiger partial charge in [0.05, 0.1) is 10.6 Å². The predicted molar refractivity (Wildman–Crippen MR) is 88.6 cm³/mol. The third-order valence-electron chi connectivity index (χ3n) is 4.57. The van der Waals surface area contributed by atoms with E-state index in [0.717, 1.165) is 32.4 Å². The minimum Gasteiger partial charge on any atom is -0.368 e. The highest BCUT2D eigenvalue weighted by Crippen LogP contribution is 2.30. The SMILES string of the molecule is NC(=O)[C@H]1CCCN1c1ncc(C(=O)N2CCCCC2)cc1Cl. The first-order valence-electron chi connectivity index (χ1n) is 8.08. The van der Waals surface area contributed by atoms with Crippen LogP contribution in [0.25, 0.3) is 0 Å². The van der Waals surface area contributed by atoms with Crippen molar-refractivity contribution in [3.63, 3.8) is 0 Å². The summed E-state index contributed by atoms with van der Waals surface area (Å²) in [6, 6.07) is 1.28. The van der Waals surface area contributed by atoms with Crippen molar-refractivity contribution in [2.24, 2.45) is 5.73 Å². The highest BCUT2D eigenvalue weighted by Gasteiger charge is 2.31. The lowest BCUT2D eigenvalue weighted by Gasteiger charge is -2.27. The van der Waals surface area contributed by atoms with Gasteiger partial charge >= 0.3 is 0 Å². The van der Waals surface area contributed by atoms with E-state index < -0.39 is 0 Å². The van der Waals surface area contributed by atoms with Crippen LogP contribution in [0.1, 0.15) is 42.5 Å². The molecule has 1 atom stereocenters. The maximum absolute atomic E-state index is 12.5. The van der Waals surface area contributed by atoms with Crippen LogP contribution >= 0.6 is 11.6 Å². The number of carbonyl (C=O) groups excluding carboxylic acids is 2. The molecule has 0 radical (unpaired) electrons. The number of pyridine rings is 1. The molecule has 0 saturated carbocycles. The van der Waals surface area contributed by atoms with Crippen LogP contribution in [0.3, 0.4) is 0 Å². The second-order valence-electron chi connectivity index (χ2n) is 6.14. The van der Waals surface area contributed by atoms with Crippen LogP contribution in [0, 0.1) is 0 Å². The van der Waals surface area contributed by atoms with Gasteiger partial charge in [-0.1, -0.05) is 11.6 Å². The molecule has 124 valence electrons. The van der Waals surface area contributed by atoms with Crippen molar-refractivity contribution in [2.75, 3.05) is 24.5 Å². The van der Waals surface area contributed by atoms with Gasteiger partial charge in [0.2, 0.25) is 5.91 Å². The van der Waals surface area contributed by atoms with Crippen molar-refractivity contribution in [1.29, 1.82) is 0 Å². The van der Waals surface area contributed by atoms with Crippen LogP contribution < -0.4 is 10.6 Å². The molecule has 2 amide bonds. The summed E-state index contributed by atoms with van der Waals surface area (Å²) in [7, 11) is 0. The summed E-state index contributed by atoms with van der Waals surface area (Å²) in [5.41, 5.74) is 5.93. The zero-order valence-corrected chi connectivity index (χ0v) is 13.8. The van der Waals surface area contributed by atoms with E-state index >= 15 is 0 Å². The second-order valence-corrected chi connectivity index (χ2v) is 6.54. The molecule has 6 nitrogen and oxygen atoms in total. The number of likely N-dealkylation sites (tertiary alicyclic amines) is 1. The highest BCUT2D eigenvalue weighted by molar-refractivity contribution is 6.33. The number of primary amides is 1. The molecule has 2 fully saturated rings. The van der Waals surface area contributed by atoms with E-state index in [4.69, 9.17) is 17.3 Å². The molecule has 0 spiro atoms. The van der Waals surface area contributed by atoms with Crippen LogP contribution in [-0.4, -0.2) is 47.4 Å². The molecule has 1 aromatic heterocycles. The number of nitrogens with two attached hydrogens (primary N) is 1. The Morgan fingerprint density at radius 2 is 1.91 bits per heavy atom. The number of aromatic nitrogens is 1. The number of piperidine rings is 1. The Morgan fingerprint density at radius 1 is 1.17 bits per heavy atom. The third-order valence-corrected chi connectivity index (χ3v) is 4.84. The Hall–Kier alpha value is -1.82. The van der Waals surface area contributed by atoms with E-state index in [1.54, 1.807) is 12.3 Å². The lowest BCUT2D eigenvalue weighted by Crippen LogP contribution is -2.41. The van der Waals surface area contributed by atoms with Crippen molar-refractivity contribution in [2.45, 2.75) is 38.1 Å². The average Bonchev–Trinajstić information content (AvgIpc) is 3.04. The number of anilines is 1. The van der Waals surface area contributed by atoms with Gasteiger partial charge in [-0.15, -0.1) is 0 Å². The quantitative estimate of drug-likeness (QED) is 0.913. The fourth-order valence-corrected chi connectivity index (χ4v) is 3.63. The van der Waals surface area contributed by atoms with Crippen molar-refractivity contribution >= 4 is 29.2 Å². The van der Waals surface area contributed by atoms with E-state index in [9.17, 15) is 9.59 Å². The first kappa shape index (κ1) is 16.1. The zero-order valence-electron chi connectivity index (χ0n) is 13.0. The number of nitrogens with zero attached hydrogens (tertiary/aromatic N) is 3. The van der Waals surface area contributed by atoms with Gasteiger partial charge in [0.1, 0.15) is 11.9 Å². The normalized spacial score (nSPS) is 21.5. The second kappa shape index (κ2) is 6.74. The molecule has 1 aromatic rings. The van der Waals surface area contributed by atoms with Crippen molar-refractivity contribution < 1.29 is 9.59 Å². The molecule has 3 heterocycles. The Labute approximate surface area is 140 Å². The van der Waals surface area contributed by atoms with Gasteiger partial charge in [-0.2, -0.15) is 0 Å². The predicted octanol–water partition coefficient (Wildman–Crippen LogP) is 1.82. The Bertz CT molecular complexity index is 616. The van der Waals surface area contributed by atoms with Crippen molar-refractivity contribution in [3.05, 3.63) is 22.8 Å². The standard InChI is InChI=1S/C16H21ClN4O2/c17-12-9-11(16(23)20-6-2-1-3-7-20)10-19-15(12)21-8-4-5-13(21)14(18)22/h9-10,13H,1-8H2,(H2,18,22)/t13-/m1/s1. The van der Waals surface area contributed by atoms with E-state index in [0.29, 0.717) is 29.4 Å². The topological polar surface area (TPSA) is 79.5 Å². The molecule has 0 aliphatic carbocycles. The van der Waals surface area contributed by atoms with Gasteiger partial charge in [-0.3, -0.25) is 9.59 Å². The maximum atomic E-state index is 12.5. The Morgan fingerprint density at radius 3 is 2.57 bits per heavy atom. The van der Waals surface area contributed by atoms with E-state index in [-0.39, 0.29) is 17.9 Å². The molecule has 3 rings (SSSR count). The molecular weight excluding hydrogens is 316 g/mol. The minimum absolute atomic E-state index is 0.0291. The van der Waals surface area contributed by atoms with Crippen LogP contribution in [-0.2, 0) is 4.79 Å². The van der Waals surface area contributed by atoms with Crippen LogP contribution in [0.2, 0.25) is 5.02 Å². The summed E-state index contributed by atoms with van der Waals surface area (Å²) < 4.78 is 0.